The number of rotatable bonds is 4. The quantitative estimate of drug-likeness (QED) is 0.356. The van der Waals surface area contributed by atoms with E-state index in [4.69, 9.17) is 10.9 Å². The van der Waals surface area contributed by atoms with Crippen LogP contribution in [0.3, 0.4) is 0 Å². The molecule has 2 rings (SSSR count). The summed E-state index contributed by atoms with van der Waals surface area (Å²) in [5, 5.41) is 11.6. The van der Waals surface area contributed by atoms with Crippen molar-refractivity contribution in [3.05, 3.63) is 23.9 Å². The third-order valence-corrected chi connectivity index (χ3v) is 3.32. The summed E-state index contributed by atoms with van der Waals surface area (Å²) in [7, 11) is 2.02. The Labute approximate surface area is 101 Å². The van der Waals surface area contributed by atoms with Crippen molar-refractivity contribution in [1.82, 2.24) is 4.98 Å². The van der Waals surface area contributed by atoms with Crippen molar-refractivity contribution in [3.8, 4) is 0 Å². The van der Waals surface area contributed by atoms with E-state index in [9.17, 15) is 0 Å². The topological polar surface area (TPSA) is 74.7 Å². The molecule has 17 heavy (non-hydrogen) atoms. The van der Waals surface area contributed by atoms with Crippen molar-refractivity contribution in [2.24, 2.45) is 22.7 Å². The van der Waals surface area contributed by atoms with Gasteiger partial charge < -0.3 is 15.8 Å². The standard InChI is InChI=1S/C12H18N4O/c1-8-5-10(8)7-16(2)11-6-9(3-4-14-11)12(13)15-17/h3-4,6,8,10,17H,5,7H2,1-2H3,(H2,13,15). The second-order valence-corrected chi connectivity index (χ2v) is 4.74. The van der Waals surface area contributed by atoms with Gasteiger partial charge >= 0.3 is 0 Å². The smallest absolute Gasteiger partial charge is 0.170 e. The summed E-state index contributed by atoms with van der Waals surface area (Å²) in [6.07, 6.45) is 2.97. The van der Waals surface area contributed by atoms with Gasteiger partial charge in [0.1, 0.15) is 5.82 Å². The molecule has 1 aliphatic carbocycles. The van der Waals surface area contributed by atoms with Gasteiger partial charge in [0.2, 0.25) is 0 Å². The van der Waals surface area contributed by atoms with Crippen LogP contribution in [0.15, 0.2) is 23.5 Å². The summed E-state index contributed by atoms with van der Waals surface area (Å²) in [5.41, 5.74) is 6.24. The van der Waals surface area contributed by atoms with Crippen LogP contribution in [0.25, 0.3) is 0 Å². The van der Waals surface area contributed by atoms with Crippen LogP contribution < -0.4 is 10.6 Å². The maximum Gasteiger partial charge on any atom is 0.170 e. The summed E-state index contributed by atoms with van der Waals surface area (Å²) >= 11 is 0. The fourth-order valence-electron chi connectivity index (χ4n) is 1.94. The first kappa shape index (κ1) is 11.7. The summed E-state index contributed by atoms with van der Waals surface area (Å²) < 4.78 is 0. The van der Waals surface area contributed by atoms with Gasteiger partial charge in [-0.05, 0) is 30.4 Å². The van der Waals surface area contributed by atoms with Crippen LogP contribution in [0.1, 0.15) is 18.9 Å². The molecule has 1 saturated carbocycles. The average molecular weight is 234 g/mol. The van der Waals surface area contributed by atoms with Crippen LogP contribution in [0, 0.1) is 11.8 Å². The lowest BCUT2D eigenvalue weighted by molar-refractivity contribution is 0.318. The Balaban J connectivity index is 2.09. The van der Waals surface area contributed by atoms with E-state index in [2.05, 4.69) is 22.0 Å². The molecule has 0 aliphatic heterocycles. The molecule has 1 aliphatic rings. The number of aromatic nitrogens is 1. The summed E-state index contributed by atoms with van der Waals surface area (Å²) in [6, 6.07) is 3.56. The Morgan fingerprint density at radius 1 is 1.71 bits per heavy atom. The first-order chi connectivity index (χ1) is 8.11. The molecule has 0 aromatic carbocycles. The molecule has 0 radical (unpaired) electrons. The molecule has 0 amide bonds. The lowest BCUT2D eigenvalue weighted by Crippen LogP contribution is -2.22. The second-order valence-electron chi connectivity index (χ2n) is 4.74. The SMILES string of the molecule is CC1CC1CN(C)c1cc(C(N)=NO)ccn1. The van der Waals surface area contributed by atoms with E-state index in [0.29, 0.717) is 5.56 Å². The zero-order chi connectivity index (χ0) is 12.4. The van der Waals surface area contributed by atoms with Gasteiger partial charge in [0.15, 0.2) is 5.84 Å². The number of pyridine rings is 1. The van der Waals surface area contributed by atoms with Gasteiger partial charge in [-0.25, -0.2) is 4.98 Å². The highest BCUT2D eigenvalue weighted by Gasteiger charge is 2.33. The zero-order valence-electron chi connectivity index (χ0n) is 10.2. The fourth-order valence-corrected chi connectivity index (χ4v) is 1.94. The summed E-state index contributed by atoms with van der Waals surface area (Å²) in [5.74, 6) is 2.56. The third kappa shape index (κ3) is 2.67. The molecule has 0 spiro atoms. The van der Waals surface area contributed by atoms with Crippen LogP contribution in [-0.4, -0.2) is 29.6 Å². The molecular weight excluding hydrogens is 216 g/mol. The highest BCUT2D eigenvalue weighted by molar-refractivity contribution is 5.97. The van der Waals surface area contributed by atoms with E-state index < -0.39 is 0 Å². The molecule has 0 saturated heterocycles. The van der Waals surface area contributed by atoms with E-state index in [1.807, 2.05) is 13.1 Å². The normalized spacial score (nSPS) is 23.5. The molecule has 3 N–H and O–H groups in total. The van der Waals surface area contributed by atoms with Crippen molar-refractivity contribution >= 4 is 11.7 Å². The molecular formula is C12H18N4O. The molecule has 1 heterocycles. The zero-order valence-corrected chi connectivity index (χ0v) is 10.2. The summed E-state index contributed by atoms with van der Waals surface area (Å²) in [6.45, 7) is 3.27. The van der Waals surface area contributed by atoms with Gasteiger partial charge in [-0.2, -0.15) is 0 Å². The molecule has 2 unspecified atom stereocenters. The number of hydrogen-bond acceptors (Lipinski definition) is 4. The molecule has 0 bridgehead atoms. The maximum absolute atomic E-state index is 8.64. The third-order valence-electron chi connectivity index (χ3n) is 3.32. The summed E-state index contributed by atoms with van der Waals surface area (Å²) in [4.78, 5) is 6.41. The Hall–Kier alpha value is -1.78. The molecule has 2 atom stereocenters. The Kier molecular flexibility index (Phi) is 3.17. The van der Waals surface area contributed by atoms with E-state index in [1.165, 1.54) is 6.42 Å². The molecule has 92 valence electrons. The minimum atomic E-state index is 0.113. The number of anilines is 1. The first-order valence-corrected chi connectivity index (χ1v) is 5.77. The van der Waals surface area contributed by atoms with Crippen molar-refractivity contribution in [1.29, 1.82) is 0 Å². The Morgan fingerprint density at radius 3 is 3.00 bits per heavy atom. The minimum Gasteiger partial charge on any atom is -0.409 e. The second kappa shape index (κ2) is 4.61. The fraction of sp³-hybridized carbons (Fsp3) is 0.500. The highest BCUT2D eigenvalue weighted by Crippen LogP contribution is 2.38. The van der Waals surface area contributed by atoms with Crippen molar-refractivity contribution < 1.29 is 5.21 Å². The van der Waals surface area contributed by atoms with Gasteiger partial charge in [0.25, 0.3) is 0 Å². The van der Waals surface area contributed by atoms with E-state index in [-0.39, 0.29) is 5.84 Å². The largest absolute Gasteiger partial charge is 0.409 e. The number of oxime groups is 1. The minimum absolute atomic E-state index is 0.113. The monoisotopic (exact) mass is 234 g/mol. The molecule has 5 nitrogen and oxygen atoms in total. The molecule has 5 heteroatoms. The van der Waals surface area contributed by atoms with Crippen molar-refractivity contribution in [3.63, 3.8) is 0 Å². The van der Waals surface area contributed by atoms with E-state index >= 15 is 0 Å². The van der Waals surface area contributed by atoms with Crippen molar-refractivity contribution in [2.45, 2.75) is 13.3 Å². The Morgan fingerprint density at radius 2 is 2.41 bits per heavy atom. The highest BCUT2D eigenvalue weighted by atomic mass is 16.4. The predicted octanol–water partition coefficient (Wildman–Crippen LogP) is 1.27. The van der Waals surface area contributed by atoms with E-state index in [1.54, 1.807) is 12.3 Å². The number of nitrogens with zero attached hydrogens (tertiary/aromatic N) is 3. The van der Waals surface area contributed by atoms with E-state index in [0.717, 1.165) is 24.2 Å². The molecule has 1 aromatic heterocycles. The van der Waals surface area contributed by atoms with Crippen LogP contribution in [-0.2, 0) is 0 Å². The van der Waals surface area contributed by atoms with Crippen LogP contribution in [0.4, 0.5) is 5.82 Å². The van der Waals surface area contributed by atoms with Gasteiger partial charge in [-0.15, -0.1) is 0 Å². The van der Waals surface area contributed by atoms with Gasteiger partial charge in [0.05, 0.1) is 0 Å². The average Bonchev–Trinajstić information content (AvgIpc) is 3.04. The molecule has 1 fully saturated rings. The number of amidine groups is 1. The van der Waals surface area contributed by atoms with Gasteiger partial charge in [0, 0.05) is 25.4 Å². The van der Waals surface area contributed by atoms with Gasteiger partial charge in [-0.1, -0.05) is 12.1 Å². The van der Waals surface area contributed by atoms with Crippen LogP contribution in [0.5, 0.6) is 0 Å². The first-order valence-electron chi connectivity index (χ1n) is 5.77. The predicted molar refractivity (Wildman–Crippen MR) is 67.3 cm³/mol. The van der Waals surface area contributed by atoms with Crippen molar-refractivity contribution in [2.75, 3.05) is 18.5 Å². The number of hydrogen-bond donors (Lipinski definition) is 2. The Bertz CT molecular complexity index is 432. The molecule has 1 aromatic rings. The number of nitrogens with two attached hydrogens (primary N) is 1. The lowest BCUT2D eigenvalue weighted by Gasteiger charge is -2.18. The van der Waals surface area contributed by atoms with Crippen LogP contribution >= 0.6 is 0 Å². The van der Waals surface area contributed by atoms with Crippen LogP contribution in [0.2, 0.25) is 0 Å². The maximum atomic E-state index is 8.64. The van der Waals surface area contributed by atoms with Gasteiger partial charge in [-0.3, -0.25) is 0 Å². The lowest BCUT2D eigenvalue weighted by atomic mass is 10.2.